The first kappa shape index (κ1) is 23.9. The third kappa shape index (κ3) is 6.88. The fourth-order valence-electron chi connectivity index (χ4n) is 3.52. The summed E-state index contributed by atoms with van der Waals surface area (Å²) in [6.07, 6.45) is 9.68. The topological polar surface area (TPSA) is 106 Å². The molecule has 6 nitrogen and oxygen atoms in total. The second-order valence-corrected chi connectivity index (χ2v) is 8.59. The Bertz CT molecular complexity index is 1060. The normalized spacial score (nSPS) is 23.1. The standard InChI is InChI=1S/C27H33N5O/c1-18-9-7-10-21(15-16-22(17-18)27(33)32-24-13-8-14-24)19(2)31-25(26(28)29)20(3)30-23-11-5-4-6-12-23/h4-6,11-12,15-18,21,24,30H,3,8-9,13-14,28-29H2,1-2H3,(H,32,33)/b16-15-,22-17+,31-19+. The molecule has 2 aliphatic rings. The van der Waals surface area contributed by atoms with Crippen molar-refractivity contribution in [3.63, 3.8) is 0 Å². The van der Waals surface area contributed by atoms with Crippen LogP contribution in [0.5, 0.6) is 0 Å². The first-order chi connectivity index (χ1) is 15.8. The quantitative estimate of drug-likeness (QED) is 0.291. The number of nitrogens with zero attached hydrogens (tertiary/aromatic N) is 1. The van der Waals surface area contributed by atoms with Gasteiger partial charge in [0.15, 0.2) is 0 Å². The molecule has 2 unspecified atom stereocenters. The predicted octanol–water partition coefficient (Wildman–Crippen LogP) is 3.97. The molecule has 2 aliphatic carbocycles. The lowest BCUT2D eigenvalue weighted by Gasteiger charge is -2.26. The van der Waals surface area contributed by atoms with Gasteiger partial charge in [-0.3, -0.25) is 9.79 Å². The van der Waals surface area contributed by atoms with Crippen molar-refractivity contribution in [2.75, 3.05) is 5.32 Å². The molecule has 1 saturated carbocycles. The number of aliphatic imine (C=N–C) groups is 1. The number of hydrogen-bond donors (Lipinski definition) is 4. The zero-order chi connectivity index (χ0) is 23.8. The summed E-state index contributed by atoms with van der Waals surface area (Å²) < 4.78 is 0. The SMILES string of the molecule is C=C(Nc1ccccc1)C(/N=C(\C)C1C#CCC(C)/C=C(C(=O)NC2CCC2)\C=C/1)=C(N)N. The molecule has 0 aromatic heterocycles. The number of carbonyl (C=O) groups is 1. The van der Waals surface area contributed by atoms with E-state index in [0.29, 0.717) is 29.1 Å². The summed E-state index contributed by atoms with van der Waals surface area (Å²) in [7, 11) is 0. The van der Waals surface area contributed by atoms with Crippen molar-refractivity contribution in [2.24, 2.45) is 28.3 Å². The molecular weight excluding hydrogens is 410 g/mol. The molecule has 33 heavy (non-hydrogen) atoms. The van der Waals surface area contributed by atoms with E-state index in [-0.39, 0.29) is 29.6 Å². The monoisotopic (exact) mass is 443 g/mol. The number of para-hydroxylation sites is 1. The Balaban J connectivity index is 1.80. The first-order valence-corrected chi connectivity index (χ1v) is 11.3. The maximum atomic E-state index is 12.8. The van der Waals surface area contributed by atoms with Crippen LogP contribution in [0.2, 0.25) is 0 Å². The second-order valence-electron chi connectivity index (χ2n) is 8.59. The Kier molecular flexibility index (Phi) is 8.15. The Morgan fingerprint density at radius 2 is 1.94 bits per heavy atom. The van der Waals surface area contributed by atoms with Gasteiger partial charge in [-0.2, -0.15) is 0 Å². The van der Waals surface area contributed by atoms with Gasteiger partial charge in [0.2, 0.25) is 0 Å². The lowest BCUT2D eigenvalue weighted by molar-refractivity contribution is -0.118. The molecule has 0 bridgehead atoms. The van der Waals surface area contributed by atoms with E-state index in [1.54, 1.807) is 0 Å². The second kappa shape index (κ2) is 11.2. The van der Waals surface area contributed by atoms with Crippen LogP contribution in [0.3, 0.4) is 0 Å². The predicted molar refractivity (Wildman–Crippen MR) is 136 cm³/mol. The van der Waals surface area contributed by atoms with E-state index in [4.69, 9.17) is 11.5 Å². The molecule has 172 valence electrons. The summed E-state index contributed by atoms with van der Waals surface area (Å²) in [5.74, 6) is 6.41. The van der Waals surface area contributed by atoms with Gasteiger partial charge in [-0.1, -0.05) is 55.9 Å². The smallest absolute Gasteiger partial charge is 0.251 e. The highest BCUT2D eigenvalue weighted by Crippen LogP contribution is 2.21. The van der Waals surface area contributed by atoms with E-state index >= 15 is 0 Å². The van der Waals surface area contributed by atoms with Gasteiger partial charge in [-0.25, -0.2) is 0 Å². The molecule has 0 heterocycles. The molecule has 0 radical (unpaired) electrons. The van der Waals surface area contributed by atoms with Gasteiger partial charge in [0.05, 0.1) is 11.6 Å². The van der Waals surface area contributed by atoms with Crippen LogP contribution in [0.4, 0.5) is 5.69 Å². The van der Waals surface area contributed by atoms with Crippen LogP contribution >= 0.6 is 0 Å². The molecule has 3 rings (SSSR count). The third-order valence-electron chi connectivity index (χ3n) is 5.68. The minimum atomic E-state index is -0.283. The summed E-state index contributed by atoms with van der Waals surface area (Å²) >= 11 is 0. The average Bonchev–Trinajstić information content (AvgIpc) is 2.85. The molecular formula is C27H33N5O. The molecule has 1 amide bonds. The van der Waals surface area contributed by atoms with Gasteiger partial charge >= 0.3 is 0 Å². The van der Waals surface area contributed by atoms with E-state index in [2.05, 4.69) is 41.0 Å². The minimum Gasteiger partial charge on any atom is -0.384 e. The van der Waals surface area contributed by atoms with E-state index in [1.165, 1.54) is 6.42 Å². The highest BCUT2D eigenvalue weighted by Gasteiger charge is 2.21. The molecule has 0 saturated heterocycles. The molecule has 1 fully saturated rings. The molecule has 0 spiro atoms. The van der Waals surface area contributed by atoms with Crippen molar-refractivity contribution in [2.45, 2.75) is 45.6 Å². The van der Waals surface area contributed by atoms with E-state index in [1.807, 2.05) is 55.5 Å². The maximum absolute atomic E-state index is 12.8. The van der Waals surface area contributed by atoms with Crippen LogP contribution < -0.4 is 22.1 Å². The van der Waals surface area contributed by atoms with E-state index < -0.39 is 0 Å². The molecule has 1 aromatic carbocycles. The number of anilines is 1. The zero-order valence-corrected chi connectivity index (χ0v) is 19.4. The number of hydrogen-bond acceptors (Lipinski definition) is 5. The number of allylic oxidation sites excluding steroid dienone is 2. The number of nitrogens with two attached hydrogens (primary N) is 2. The number of rotatable bonds is 7. The Labute approximate surface area is 196 Å². The van der Waals surface area contributed by atoms with Crippen LogP contribution in [0.25, 0.3) is 0 Å². The number of amides is 1. The molecule has 2 atom stereocenters. The zero-order valence-electron chi connectivity index (χ0n) is 19.4. The van der Waals surface area contributed by atoms with Crippen LogP contribution in [-0.4, -0.2) is 17.7 Å². The summed E-state index contributed by atoms with van der Waals surface area (Å²) in [4.78, 5) is 17.4. The van der Waals surface area contributed by atoms with Crippen molar-refractivity contribution >= 4 is 17.3 Å². The fraction of sp³-hybridized carbons (Fsp3) is 0.333. The Morgan fingerprint density at radius 3 is 2.58 bits per heavy atom. The van der Waals surface area contributed by atoms with Crippen LogP contribution in [-0.2, 0) is 4.79 Å². The Morgan fingerprint density at radius 1 is 1.21 bits per heavy atom. The first-order valence-electron chi connectivity index (χ1n) is 11.3. The lowest BCUT2D eigenvalue weighted by atomic mass is 9.92. The number of carbonyl (C=O) groups excluding carboxylic acids is 1. The van der Waals surface area contributed by atoms with Crippen LogP contribution in [0, 0.1) is 23.7 Å². The van der Waals surface area contributed by atoms with Gasteiger partial charge in [-0.05, 0) is 44.2 Å². The van der Waals surface area contributed by atoms with Crippen molar-refractivity contribution in [1.82, 2.24) is 5.32 Å². The third-order valence-corrected chi connectivity index (χ3v) is 5.68. The molecule has 0 aliphatic heterocycles. The maximum Gasteiger partial charge on any atom is 0.251 e. The van der Waals surface area contributed by atoms with Crippen LogP contribution in [0.1, 0.15) is 39.5 Å². The van der Waals surface area contributed by atoms with Gasteiger partial charge in [0.1, 0.15) is 11.5 Å². The highest BCUT2D eigenvalue weighted by molar-refractivity contribution is 5.97. The molecule has 6 N–H and O–H groups in total. The van der Waals surface area contributed by atoms with Gasteiger partial charge in [0.25, 0.3) is 5.91 Å². The highest BCUT2D eigenvalue weighted by atomic mass is 16.1. The summed E-state index contributed by atoms with van der Waals surface area (Å²) in [6, 6.07) is 9.90. The van der Waals surface area contributed by atoms with Crippen molar-refractivity contribution in [3.8, 4) is 11.8 Å². The summed E-state index contributed by atoms with van der Waals surface area (Å²) in [5, 5.41) is 6.30. The van der Waals surface area contributed by atoms with Gasteiger partial charge < -0.3 is 22.1 Å². The summed E-state index contributed by atoms with van der Waals surface area (Å²) in [5.41, 5.74) is 15.0. The van der Waals surface area contributed by atoms with Crippen LogP contribution in [0.15, 0.2) is 82.9 Å². The minimum absolute atomic E-state index is 0.0368. The number of benzene rings is 1. The molecule has 1 aromatic rings. The van der Waals surface area contributed by atoms with Crippen molar-refractivity contribution < 1.29 is 4.79 Å². The summed E-state index contributed by atoms with van der Waals surface area (Å²) in [6.45, 7) is 7.99. The van der Waals surface area contributed by atoms with E-state index in [0.717, 1.165) is 18.5 Å². The fourth-order valence-corrected chi connectivity index (χ4v) is 3.52. The average molecular weight is 444 g/mol. The molecule has 6 heteroatoms. The van der Waals surface area contributed by atoms with E-state index in [9.17, 15) is 4.79 Å². The van der Waals surface area contributed by atoms with Gasteiger partial charge in [0, 0.05) is 29.4 Å². The van der Waals surface area contributed by atoms with Gasteiger partial charge in [-0.15, -0.1) is 5.92 Å². The Hall–Kier alpha value is -3.72. The number of nitrogens with one attached hydrogen (secondary N) is 2. The lowest BCUT2D eigenvalue weighted by Crippen LogP contribution is -2.40. The largest absolute Gasteiger partial charge is 0.384 e. The van der Waals surface area contributed by atoms with Crippen molar-refractivity contribution in [1.29, 1.82) is 0 Å². The van der Waals surface area contributed by atoms with Crippen molar-refractivity contribution in [3.05, 3.63) is 77.9 Å².